The molecule has 0 amide bonds. The summed E-state index contributed by atoms with van der Waals surface area (Å²) in [4.78, 5) is 15.3. The lowest BCUT2D eigenvalue weighted by molar-refractivity contribution is 0.673. The first-order chi connectivity index (χ1) is 24.3. The van der Waals surface area contributed by atoms with E-state index in [0.717, 1.165) is 60.2 Å². The molecule has 4 nitrogen and oxygen atoms in total. The molecule has 2 aromatic heterocycles. The maximum absolute atomic E-state index is 6.53. The van der Waals surface area contributed by atoms with E-state index >= 15 is 0 Å². The Morgan fingerprint density at radius 2 is 0.878 bits per heavy atom. The summed E-state index contributed by atoms with van der Waals surface area (Å²) >= 11 is 0. The van der Waals surface area contributed by atoms with E-state index < -0.39 is 0 Å². The molecule has 0 bridgehead atoms. The molecule has 2 heterocycles. The summed E-state index contributed by atoms with van der Waals surface area (Å²) in [6.45, 7) is 0. The Hall–Kier alpha value is -6.65. The summed E-state index contributed by atoms with van der Waals surface area (Å²) in [5, 5.41) is 9.10. The summed E-state index contributed by atoms with van der Waals surface area (Å²) in [5.41, 5.74) is 6.83. The Kier molecular flexibility index (Phi) is 6.15. The van der Waals surface area contributed by atoms with E-state index in [2.05, 4.69) is 133 Å². The normalized spacial score (nSPS) is 11.7. The van der Waals surface area contributed by atoms with Gasteiger partial charge < -0.3 is 4.42 Å². The van der Waals surface area contributed by atoms with E-state index in [1.807, 2.05) is 30.3 Å². The maximum Gasteiger partial charge on any atom is 0.164 e. The van der Waals surface area contributed by atoms with Crippen LogP contribution in [0.5, 0.6) is 0 Å². The van der Waals surface area contributed by atoms with Gasteiger partial charge in [0.2, 0.25) is 0 Å². The Morgan fingerprint density at radius 3 is 1.69 bits per heavy atom. The fourth-order valence-corrected chi connectivity index (χ4v) is 7.19. The van der Waals surface area contributed by atoms with Gasteiger partial charge in [0.25, 0.3) is 0 Å². The summed E-state index contributed by atoms with van der Waals surface area (Å²) < 4.78 is 6.53. The number of furan rings is 1. The van der Waals surface area contributed by atoms with Gasteiger partial charge in [0.15, 0.2) is 17.5 Å². The molecule has 0 aliphatic carbocycles. The van der Waals surface area contributed by atoms with E-state index in [1.165, 1.54) is 21.9 Å². The summed E-state index contributed by atoms with van der Waals surface area (Å²) in [5.74, 6) is 1.84. The molecule has 0 unspecified atom stereocenters. The molecule has 10 aromatic rings. The number of hydrogen-bond donors (Lipinski definition) is 0. The Labute approximate surface area is 282 Å². The monoisotopic (exact) mass is 625 g/mol. The zero-order valence-electron chi connectivity index (χ0n) is 26.3. The minimum atomic E-state index is 0.596. The van der Waals surface area contributed by atoms with Gasteiger partial charge >= 0.3 is 0 Å². The lowest BCUT2D eigenvalue weighted by Gasteiger charge is -2.13. The van der Waals surface area contributed by atoms with Crippen LogP contribution in [0.25, 0.3) is 99.5 Å². The predicted molar refractivity (Wildman–Crippen MR) is 201 cm³/mol. The molecule has 0 saturated heterocycles. The molecule has 49 heavy (non-hydrogen) atoms. The van der Waals surface area contributed by atoms with Crippen LogP contribution in [0.15, 0.2) is 168 Å². The van der Waals surface area contributed by atoms with Crippen molar-refractivity contribution in [3.05, 3.63) is 164 Å². The van der Waals surface area contributed by atoms with Gasteiger partial charge in [0.1, 0.15) is 11.2 Å². The largest absolute Gasteiger partial charge is 0.455 e. The molecule has 0 saturated carbocycles. The van der Waals surface area contributed by atoms with Gasteiger partial charge in [-0.05, 0) is 56.3 Å². The molecular formula is C45H27N3O. The third kappa shape index (κ3) is 4.49. The Morgan fingerprint density at radius 1 is 0.327 bits per heavy atom. The molecular weight excluding hydrogens is 599 g/mol. The fraction of sp³-hybridized carbons (Fsp3) is 0. The van der Waals surface area contributed by atoms with Crippen molar-refractivity contribution in [1.29, 1.82) is 0 Å². The molecule has 4 heteroatoms. The van der Waals surface area contributed by atoms with Crippen LogP contribution in [0.2, 0.25) is 0 Å². The average molecular weight is 626 g/mol. The highest BCUT2D eigenvalue weighted by molar-refractivity contribution is 6.15. The molecule has 0 fully saturated rings. The third-order valence-electron chi connectivity index (χ3n) is 9.53. The molecule has 0 spiro atoms. The molecule has 0 atom stereocenters. The zero-order chi connectivity index (χ0) is 32.3. The SMILES string of the molecule is c1ccc(-c2nc(-c3ccc4c(c3)oc3c5ccccc5ccc43)nc(-c3cccc4c(-c5cccc6ccccc56)cccc34)n2)cc1. The molecule has 0 radical (unpaired) electrons. The molecule has 0 N–H and O–H groups in total. The van der Waals surface area contributed by atoms with Gasteiger partial charge in [-0.15, -0.1) is 0 Å². The summed E-state index contributed by atoms with van der Waals surface area (Å²) in [6, 6.07) is 56.9. The molecule has 228 valence electrons. The number of aromatic nitrogens is 3. The topological polar surface area (TPSA) is 51.8 Å². The van der Waals surface area contributed by atoms with Gasteiger partial charge in [-0.1, -0.05) is 146 Å². The maximum atomic E-state index is 6.53. The van der Waals surface area contributed by atoms with Crippen LogP contribution in [0.3, 0.4) is 0 Å². The summed E-state index contributed by atoms with van der Waals surface area (Å²) in [7, 11) is 0. The van der Waals surface area contributed by atoms with Crippen molar-refractivity contribution in [3.63, 3.8) is 0 Å². The van der Waals surface area contributed by atoms with Crippen molar-refractivity contribution < 1.29 is 4.42 Å². The Balaban J connectivity index is 1.18. The van der Waals surface area contributed by atoms with Crippen LogP contribution in [0.1, 0.15) is 0 Å². The lowest BCUT2D eigenvalue weighted by Crippen LogP contribution is -2.00. The van der Waals surface area contributed by atoms with Crippen LogP contribution in [0.4, 0.5) is 0 Å². The van der Waals surface area contributed by atoms with E-state index in [1.54, 1.807) is 0 Å². The summed E-state index contributed by atoms with van der Waals surface area (Å²) in [6.07, 6.45) is 0. The van der Waals surface area contributed by atoms with Crippen LogP contribution < -0.4 is 0 Å². The number of rotatable bonds is 4. The second-order valence-corrected chi connectivity index (χ2v) is 12.4. The van der Waals surface area contributed by atoms with Crippen LogP contribution in [-0.4, -0.2) is 15.0 Å². The first-order valence-corrected chi connectivity index (χ1v) is 16.4. The Bertz CT molecular complexity index is 2890. The van der Waals surface area contributed by atoms with Crippen LogP contribution >= 0.6 is 0 Å². The highest BCUT2D eigenvalue weighted by atomic mass is 16.3. The molecule has 8 aromatic carbocycles. The lowest BCUT2D eigenvalue weighted by atomic mass is 9.92. The third-order valence-corrected chi connectivity index (χ3v) is 9.53. The van der Waals surface area contributed by atoms with Crippen LogP contribution in [-0.2, 0) is 0 Å². The molecule has 10 rings (SSSR count). The van der Waals surface area contributed by atoms with Gasteiger partial charge in [0.05, 0.1) is 0 Å². The number of nitrogens with zero attached hydrogens (tertiary/aromatic N) is 3. The van der Waals surface area contributed by atoms with Crippen molar-refractivity contribution in [2.75, 3.05) is 0 Å². The van der Waals surface area contributed by atoms with Crippen molar-refractivity contribution in [3.8, 4) is 45.3 Å². The van der Waals surface area contributed by atoms with Gasteiger partial charge in [0, 0.05) is 32.8 Å². The molecule has 0 aliphatic rings. The van der Waals surface area contributed by atoms with Crippen molar-refractivity contribution in [2.45, 2.75) is 0 Å². The minimum absolute atomic E-state index is 0.596. The second kappa shape index (κ2) is 11.0. The molecule has 0 aliphatic heterocycles. The first kappa shape index (κ1) is 27.5. The minimum Gasteiger partial charge on any atom is -0.455 e. The standard InChI is InChI=1S/C45H27N3O/c1-2-13-30(14-3-1)43-46-44(31-24-25-38-39-26-23-29-12-5-7-17-33(29)42(39)49-41(38)27-31)48-45(47-43)40-22-10-20-36-35(19-9-21-37(36)40)34-18-8-15-28-11-4-6-16-32(28)34/h1-27H. The highest BCUT2D eigenvalue weighted by Crippen LogP contribution is 2.39. The predicted octanol–water partition coefficient (Wildman–Crippen LogP) is 11.9. The van der Waals surface area contributed by atoms with Crippen molar-refractivity contribution in [2.24, 2.45) is 0 Å². The van der Waals surface area contributed by atoms with E-state index in [4.69, 9.17) is 19.4 Å². The number of benzene rings is 8. The quantitative estimate of drug-likeness (QED) is 0.195. The number of fused-ring (bicyclic) bond motifs is 7. The van der Waals surface area contributed by atoms with Gasteiger partial charge in [-0.2, -0.15) is 0 Å². The van der Waals surface area contributed by atoms with E-state index in [9.17, 15) is 0 Å². The number of hydrogen-bond acceptors (Lipinski definition) is 4. The fourth-order valence-electron chi connectivity index (χ4n) is 7.19. The van der Waals surface area contributed by atoms with Crippen molar-refractivity contribution >= 4 is 54.3 Å². The smallest absolute Gasteiger partial charge is 0.164 e. The second-order valence-electron chi connectivity index (χ2n) is 12.4. The first-order valence-electron chi connectivity index (χ1n) is 16.4. The van der Waals surface area contributed by atoms with E-state index in [0.29, 0.717) is 17.5 Å². The van der Waals surface area contributed by atoms with E-state index in [-0.39, 0.29) is 0 Å². The van der Waals surface area contributed by atoms with Crippen molar-refractivity contribution in [1.82, 2.24) is 15.0 Å². The van der Waals surface area contributed by atoms with Gasteiger partial charge in [-0.3, -0.25) is 0 Å². The zero-order valence-corrected chi connectivity index (χ0v) is 26.3. The highest BCUT2D eigenvalue weighted by Gasteiger charge is 2.18. The van der Waals surface area contributed by atoms with Crippen LogP contribution in [0, 0.1) is 0 Å². The average Bonchev–Trinajstić information content (AvgIpc) is 3.56. The van der Waals surface area contributed by atoms with Gasteiger partial charge in [-0.25, -0.2) is 15.0 Å².